The molecule has 2 N–H and O–H groups in total. The zero-order valence-electron chi connectivity index (χ0n) is 13.0. The third-order valence-corrected chi connectivity index (χ3v) is 3.78. The molecule has 0 radical (unpaired) electrons. The normalized spacial score (nSPS) is 13.0. The predicted octanol–water partition coefficient (Wildman–Crippen LogP) is 3.89. The number of halogens is 1. The van der Waals surface area contributed by atoms with Crippen LogP contribution in [0, 0.1) is 11.3 Å². The van der Waals surface area contributed by atoms with Gasteiger partial charge >= 0.3 is 0 Å². The van der Waals surface area contributed by atoms with Crippen molar-refractivity contribution in [3.05, 3.63) is 64.7 Å². The van der Waals surface area contributed by atoms with Gasteiger partial charge in [-0.25, -0.2) is 0 Å². The summed E-state index contributed by atoms with van der Waals surface area (Å²) < 4.78 is 0. The highest BCUT2D eigenvalue weighted by Gasteiger charge is 2.17. The molecule has 0 fully saturated rings. The molecule has 2 rings (SSSR count). The van der Waals surface area contributed by atoms with E-state index in [1.165, 1.54) is 0 Å². The summed E-state index contributed by atoms with van der Waals surface area (Å²) in [7, 11) is 0. The summed E-state index contributed by atoms with van der Waals surface area (Å²) in [6.07, 6.45) is 0. The molecule has 2 aromatic rings. The minimum absolute atomic E-state index is 0.0272. The van der Waals surface area contributed by atoms with E-state index in [1.54, 1.807) is 31.2 Å². The highest BCUT2D eigenvalue weighted by atomic mass is 35.5. The Bertz CT molecular complexity index is 739. The molecule has 0 aliphatic heterocycles. The Labute approximate surface area is 141 Å². The van der Waals surface area contributed by atoms with Crippen molar-refractivity contribution < 1.29 is 4.79 Å². The lowest BCUT2D eigenvalue weighted by Crippen LogP contribution is -2.39. The second-order valence-corrected chi connectivity index (χ2v) is 5.75. The number of rotatable bonds is 5. The van der Waals surface area contributed by atoms with Crippen LogP contribution in [0.15, 0.2) is 48.5 Å². The first kappa shape index (κ1) is 17.0. The lowest BCUT2D eigenvalue weighted by molar-refractivity contribution is -0.117. The number of hydrogen-bond acceptors (Lipinski definition) is 3. The smallest absolute Gasteiger partial charge is 0.241 e. The van der Waals surface area contributed by atoms with Gasteiger partial charge in [-0.15, -0.1) is 0 Å². The maximum absolute atomic E-state index is 12.3. The third kappa shape index (κ3) is 4.56. The minimum Gasteiger partial charge on any atom is -0.324 e. The third-order valence-electron chi connectivity index (χ3n) is 3.55. The van der Waals surface area contributed by atoms with E-state index >= 15 is 0 Å². The van der Waals surface area contributed by atoms with Crippen molar-refractivity contribution in [2.75, 3.05) is 5.32 Å². The van der Waals surface area contributed by atoms with Crippen LogP contribution < -0.4 is 10.6 Å². The summed E-state index contributed by atoms with van der Waals surface area (Å²) in [5.41, 5.74) is 1.97. The fourth-order valence-electron chi connectivity index (χ4n) is 2.25. The van der Waals surface area contributed by atoms with Gasteiger partial charge in [-0.3, -0.25) is 10.1 Å². The number of amides is 1. The molecular weight excluding hydrogens is 310 g/mol. The van der Waals surface area contributed by atoms with Gasteiger partial charge in [0, 0.05) is 11.1 Å². The number of anilines is 1. The summed E-state index contributed by atoms with van der Waals surface area (Å²) in [6, 6.07) is 16.1. The van der Waals surface area contributed by atoms with Crippen LogP contribution in [0.3, 0.4) is 0 Å². The van der Waals surface area contributed by atoms with Crippen molar-refractivity contribution >= 4 is 23.2 Å². The Morgan fingerprint density at radius 2 is 1.91 bits per heavy atom. The quantitative estimate of drug-likeness (QED) is 0.875. The Kier molecular flexibility index (Phi) is 5.75. The Hall–Kier alpha value is -2.35. The van der Waals surface area contributed by atoms with Crippen LogP contribution in [0.2, 0.25) is 5.02 Å². The lowest BCUT2D eigenvalue weighted by atomic mass is 10.1. The van der Waals surface area contributed by atoms with E-state index in [0.717, 1.165) is 5.56 Å². The van der Waals surface area contributed by atoms with Crippen LogP contribution in [0.1, 0.15) is 31.0 Å². The molecule has 0 unspecified atom stereocenters. The van der Waals surface area contributed by atoms with E-state index in [2.05, 4.69) is 16.7 Å². The van der Waals surface area contributed by atoms with Gasteiger partial charge in [0.15, 0.2) is 0 Å². The second-order valence-electron chi connectivity index (χ2n) is 5.31. The van der Waals surface area contributed by atoms with Crippen LogP contribution in [0.5, 0.6) is 0 Å². The van der Waals surface area contributed by atoms with E-state index in [4.69, 9.17) is 16.9 Å². The summed E-state index contributed by atoms with van der Waals surface area (Å²) >= 11 is 5.99. The van der Waals surface area contributed by atoms with Gasteiger partial charge < -0.3 is 5.32 Å². The Balaban J connectivity index is 2.01. The molecule has 0 spiro atoms. The molecule has 0 aliphatic rings. The SMILES string of the molecule is C[C@@H](N[C@H](C)c1cccc(Cl)c1)C(=O)Nc1ccccc1C#N. The first-order valence-electron chi connectivity index (χ1n) is 7.32. The second kappa shape index (κ2) is 7.77. The molecular formula is C18H18ClN3O. The Morgan fingerprint density at radius 1 is 1.17 bits per heavy atom. The standard InChI is InChI=1S/C18H18ClN3O/c1-12(14-7-5-8-16(19)10-14)21-13(2)18(23)22-17-9-4-3-6-15(17)11-20/h3-10,12-13,21H,1-2H3,(H,22,23)/t12-,13-/m1/s1. The highest BCUT2D eigenvalue weighted by molar-refractivity contribution is 6.30. The molecule has 2 aromatic carbocycles. The van der Waals surface area contributed by atoms with E-state index in [1.807, 2.05) is 31.2 Å². The average molecular weight is 328 g/mol. The molecule has 5 heteroatoms. The van der Waals surface area contributed by atoms with E-state index in [-0.39, 0.29) is 11.9 Å². The van der Waals surface area contributed by atoms with Gasteiger partial charge in [0.25, 0.3) is 0 Å². The number of hydrogen-bond donors (Lipinski definition) is 2. The van der Waals surface area contributed by atoms with Crippen LogP contribution in [0.25, 0.3) is 0 Å². The van der Waals surface area contributed by atoms with Crippen LogP contribution >= 0.6 is 11.6 Å². The van der Waals surface area contributed by atoms with Crippen LogP contribution in [-0.2, 0) is 4.79 Å². The first-order valence-corrected chi connectivity index (χ1v) is 7.70. The largest absolute Gasteiger partial charge is 0.324 e. The number of para-hydroxylation sites is 1. The molecule has 0 saturated heterocycles. The maximum Gasteiger partial charge on any atom is 0.241 e. The van der Waals surface area contributed by atoms with Gasteiger partial charge in [0.05, 0.1) is 17.3 Å². The molecule has 1 amide bonds. The number of benzene rings is 2. The Morgan fingerprint density at radius 3 is 2.61 bits per heavy atom. The van der Waals surface area contributed by atoms with E-state index in [0.29, 0.717) is 16.3 Å². The zero-order valence-corrected chi connectivity index (χ0v) is 13.8. The highest BCUT2D eigenvalue weighted by Crippen LogP contribution is 2.18. The predicted molar refractivity (Wildman–Crippen MR) is 92.3 cm³/mol. The molecule has 0 heterocycles. The van der Waals surface area contributed by atoms with Crippen molar-refractivity contribution in [3.8, 4) is 6.07 Å². The van der Waals surface area contributed by atoms with E-state index < -0.39 is 6.04 Å². The average Bonchev–Trinajstić information content (AvgIpc) is 2.55. The first-order chi connectivity index (χ1) is 11.0. The molecule has 23 heavy (non-hydrogen) atoms. The minimum atomic E-state index is -0.421. The molecule has 0 saturated carbocycles. The number of carbonyl (C=O) groups is 1. The molecule has 118 valence electrons. The molecule has 0 aromatic heterocycles. The van der Waals surface area contributed by atoms with Crippen molar-refractivity contribution in [1.82, 2.24) is 5.32 Å². The molecule has 0 aliphatic carbocycles. The van der Waals surface area contributed by atoms with Crippen LogP contribution in [0.4, 0.5) is 5.69 Å². The fraction of sp³-hybridized carbons (Fsp3) is 0.222. The maximum atomic E-state index is 12.3. The van der Waals surface area contributed by atoms with Crippen molar-refractivity contribution in [2.24, 2.45) is 0 Å². The van der Waals surface area contributed by atoms with Crippen molar-refractivity contribution in [1.29, 1.82) is 5.26 Å². The fourth-order valence-corrected chi connectivity index (χ4v) is 2.45. The van der Waals surface area contributed by atoms with Crippen LogP contribution in [-0.4, -0.2) is 11.9 Å². The van der Waals surface area contributed by atoms with Gasteiger partial charge in [-0.05, 0) is 43.7 Å². The number of nitrogens with one attached hydrogen (secondary N) is 2. The zero-order chi connectivity index (χ0) is 16.8. The van der Waals surface area contributed by atoms with Gasteiger partial charge in [-0.2, -0.15) is 5.26 Å². The van der Waals surface area contributed by atoms with Gasteiger partial charge in [-0.1, -0.05) is 35.9 Å². The summed E-state index contributed by atoms with van der Waals surface area (Å²) in [6.45, 7) is 3.75. The summed E-state index contributed by atoms with van der Waals surface area (Å²) in [5.74, 6) is -0.193. The molecule has 2 atom stereocenters. The summed E-state index contributed by atoms with van der Waals surface area (Å²) in [4.78, 5) is 12.3. The van der Waals surface area contributed by atoms with Crippen molar-refractivity contribution in [2.45, 2.75) is 25.9 Å². The van der Waals surface area contributed by atoms with Gasteiger partial charge in [0.1, 0.15) is 6.07 Å². The molecule has 0 bridgehead atoms. The number of nitrogens with zero attached hydrogens (tertiary/aromatic N) is 1. The monoisotopic (exact) mass is 327 g/mol. The summed E-state index contributed by atoms with van der Waals surface area (Å²) in [5, 5.41) is 15.7. The van der Waals surface area contributed by atoms with E-state index in [9.17, 15) is 4.79 Å². The lowest BCUT2D eigenvalue weighted by Gasteiger charge is -2.20. The molecule has 4 nitrogen and oxygen atoms in total. The van der Waals surface area contributed by atoms with Gasteiger partial charge in [0.2, 0.25) is 5.91 Å². The number of carbonyl (C=O) groups excluding carboxylic acids is 1. The topological polar surface area (TPSA) is 64.9 Å². The van der Waals surface area contributed by atoms with Crippen molar-refractivity contribution in [3.63, 3.8) is 0 Å². The number of nitriles is 1.